The molecule has 4 heterocycles. The zero-order chi connectivity index (χ0) is 29.8. The Kier molecular flexibility index (Phi) is 8.16. The molecule has 2 bridgehead atoms. The number of ether oxygens (including phenoxy) is 1. The van der Waals surface area contributed by atoms with Crippen molar-refractivity contribution >= 4 is 28.6 Å². The predicted octanol–water partition coefficient (Wildman–Crippen LogP) is 1.86. The average Bonchev–Trinajstić information content (AvgIpc) is 3.66. The quantitative estimate of drug-likeness (QED) is 0.332. The summed E-state index contributed by atoms with van der Waals surface area (Å²) in [4.78, 5) is 61.8. The van der Waals surface area contributed by atoms with Gasteiger partial charge in [0.15, 0.2) is 0 Å². The minimum atomic E-state index is -0.432. The molecule has 4 aromatic rings. The highest BCUT2D eigenvalue weighted by Gasteiger charge is 2.40. The summed E-state index contributed by atoms with van der Waals surface area (Å²) >= 11 is 0. The molecular weight excluding hydrogens is 550 g/mol. The Morgan fingerprint density at radius 3 is 2.72 bits per heavy atom. The van der Waals surface area contributed by atoms with Crippen LogP contribution in [0.1, 0.15) is 40.5 Å². The number of benzene rings is 2. The molecule has 2 aromatic carbocycles. The van der Waals surface area contributed by atoms with Crippen molar-refractivity contribution in [3.8, 4) is 5.75 Å². The molecule has 12 nitrogen and oxygen atoms in total. The highest BCUT2D eigenvalue weighted by molar-refractivity contribution is 5.98. The number of likely N-dealkylation sites (tertiary alicyclic amines) is 1. The van der Waals surface area contributed by atoms with E-state index < -0.39 is 11.6 Å². The van der Waals surface area contributed by atoms with Gasteiger partial charge in [-0.05, 0) is 48.4 Å². The van der Waals surface area contributed by atoms with Gasteiger partial charge in [0.1, 0.15) is 18.2 Å². The van der Waals surface area contributed by atoms with Gasteiger partial charge in [-0.3, -0.25) is 24.4 Å². The number of fused-ring (bicyclic) bond motifs is 5. The summed E-state index contributed by atoms with van der Waals surface area (Å²) in [6, 6.07) is 16.9. The van der Waals surface area contributed by atoms with E-state index in [-0.39, 0.29) is 30.1 Å². The molecule has 43 heavy (non-hydrogen) atoms. The summed E-state index contributed by atoms with van der Waals surface area (Å²) < 4.78 is 6.05. The van der Waals surface area contributed by atoms with Gasteiger partial charge in [-0.2, -0.15) is 5.10 Å². The zero-order valence-electron chi connectivity index (χ0n) is 23.6. The van der Waals surface area contributed by atoms with E-state index in [4.69, 9.17) is 4.74 Å². The smallest absolute Gasteiger partial charge is 0.340 e. The number of pyridine rings is 1. The number of carbonyl (C=O) groups excluding carboxylic acids is 3. The number of hydrogen-bond acceptors (Lipinski definition) is 7. The third-order valence-corrected chi connectivity index (χ3v) is 8.09. The molecule has 0 radical (unpaired) electrons. The Bertz CT molecular complexity index is 1700. The number of nitrogens with one attached hydrogen (secondary N) is 3. The van der Waals surface area contributed by atoms with E-state index >= 15 is 0 Å². The normalized spacial score (nSPS) is 19.3. The van der Waals surface area contributed by atoms with E-state index in [0.717, 1.165) is 16.5 Å². The van der Waals surface area contributed by atoms with Crippen LogP contribution in [0.4, 0.5) is 0 Å². The number of aryl methyl sites for hydroxylation is 1. The fourth-order valence-corrected chi connectivity index (χ4v) is 5.85. The van der Waals surface area contributed by atoms with Crippen molar-refractivity contribution in [2.24, 2.45) is 5.92 Å². The maximum Gasteiger partial charge on any atom is 0.340 e. The molecule has 12 heteroatoms. The maximum atomic E-state index is 13.6. The second kappa shape index (κ2) is 12.5. The number of nitrogens with zero attached hydrogens (tertiary/aromatic N) is 4. The first kappa shape index (κ1) is 28.1. The molecule has 3 N–H and O–H groups in total. The van der Waals surface area contributed by atoms with E-state index in [2.05, 4.69) is 25.5 Å². The van der Waals surface area contributed by atoms with Crippen LogP contribution in [0.5, 0.6) is 5.75 Å². The van der Waals surface area contributed by atoms with Crippen molar-refractivity contribution in [1.29, 1.82) is 0 Å². The number of carbonyl (C=O) groups is 3. The third kappa shape index (κ3) is 6.42. The van der Waals surface area contributed by atoms with Crippen molar-refractivity contribution in [2.45, 2.75) is 25.2 Å². The first-order valence-electron chi connectivity index (χ1n) is 14.5. The van der Waals surface area contributed by atoms with Gasteiger partial charge in [0.25, 0.3) is 5.91 Å². The second-order valence-corrected chi connectivity index (χ2v) is 10.9. The lowest BCUT2D eigenvalue weighted by Crippen LogP contribution is -2.39. The topological polar surface area (TPSA) is 153 Å². The SMILES string of the molecule is O=C1NCCCN(C(=O)CCc2n[nH]c(=O)[nH]2)CCOc2cccc(c2)[C@H]2CN(C(=O)c3ccc4ncccc4c3)C[C@H]12. The van der Waals surface area contributed by atoms with Gasteiger partial charge in [-0.25, -0.2) is 9.89 Å². The lowest BCUT2D eigenvalue weighted by molar-refractivity contribution is -0.131. The van der Waals surface area contributed by atoms with Gasteiger partial charge in [0, 0.05) is 62.1 Å². The lowest BCUT2D eigenvalue weighted by atomic mass is 9.88. The molecule has 2 aliphatic rings. The Morgan fingerprint density at radius 1 is 0.977 bits per heavy atom. The van der Waals surface area contributed by atoms with Crippen LogP contribution in [-0.4, -0.2) is 87.0 Å². The zero-order valence-corrected chi connectivity index (χ0v) is 23.6. The monoisotopic (exact) mass is 583 g/mol. The van der Waals surface area contributed by atoms with Crippen molar-refractivity contribution in [2.75, 3.05) is 39.3 Å². The molecule has 1 fully saturated rings. The van der Waals surface area contributed by atoms with Crippen LogP contribution in [0, 0.1) is 5.92 Å². The van der Waals surface area contributed by atoms with Crippen LogP contribution in [0.2, 0.25) is 0 Å². The Balaban J connectivity index is 1.17. The first-order valence-corrected chi connectivity index (χ1v) is 14.5. The Hall–Kier alpha value is -5.00. The van der Waals surface area contributed by atoms with E-state index in [0.29, 0.717) is 69.3 Å². The van der Waals surface area contributed by atoms with Gasteiger partial charge >= 0.3 is 5.69 Å². The number of H-pyrrole nitrogens is 2. The molecule has 1 saturated heterocycles. The minimum Gasteiger partial charge on any atom is -0.492 e. The van der Waals surface area contributed by atoms with Crippen LogP contribution in [-0.2, 0) is 16.0 Å². The molecule has 0 spiro atoms. The van der Waals surface area contributed by atoms with Crippen LogP contribution in [0.25, 0.3) is 10.9 Å². The van der Waals surface area contributed by atoms with E-state index in [1.807, 2.05) is 48.5 Å². The third-order valence-electron chi connectivity index (χ3n) is 8.09. The van der Waals surface area contributed by atoms with Gasteiger partial charge in [0.05, 0.1) is 18.0 Å². The largest absolute Gasteiger partial charge is 0.492 e. The molecule has 2 aliphatic heterocycles. The van der Waals surface area contributed by atoms with Gasteiger partial charge in [-0.15, -0.1) is 0 Å². The summed E-state index contributed by atoms with van der Waals surface area (Å²) in [5.74, 6) is 0.117. The molecule has 6 rings (SSSR count). The number of rotatable bonds is 4. The second-order valence-electron chi connectivity index (χ2n) is 10.9. The van der Waals surface area contributed by atoms with E-state index in [9.17, 15) is 19.2 Å². The fraction of sp³-hybridized carbons (Fsp3) is 0.355. The minimum absolute atomic E-state index is 0.0888. The maximum absolute atomic E-state index is 13.6. The molecule has 2 atom stereocenters. The number of aromatic amines is 2. The molecule has 3 amide bonds. The highest BCUT2D eigenvalue weighted by Crippen LogP contribution is 2.35. The summed E-state index contributed by atoms with van der Waals surface area (Å²) in [6.45, 7) is 2.22. The van der Waals surface area contributed by atoms with Crippen molar-refractivity contribution in [3.63, 3.8) is 0 Å². The van der Waals surface area contributed by atoms with Crippen LogP contribution in [0.3, 0.4) is 0 Å². The van der Waals surface area contributed by atoms with Crippen LogP contribution in [0.15, 0.2) is 65.6 Å². The molecule has 0 unspecified atom stereocenters. The Morgan fingerprint density at radius 2 is 1.86 bits per heavy atom. The van der Waals surface area contributed by atoms with E-state index in [1.165, 1.54) is 0 Å². The van der Waals surface area contributed by atoms with Crippen LogP contribution >= 0.6 is 0 Å². The van der Waals surface area contributed by atoms with Crippen molar-refractivity contribution < 1.29 is 19.1 Å². The van der Waals surface area contributed by atoms with Crippen LogP contribution < -0.4 is 15.7 Å². The number of aromatic nitrogens is 4. The predicted molar refractivity (Wildman–Crippen MR) is 158 cm³/mol. The summed E-state index contributed by atoms with van der Waals surface area (Å²) in [7, 11) is 0. The molecular formula is C31H33N7O5. The van der Waals surface area contributed by atoms with Gasteiger partial charge < -0.3 is 19.9 Å². The standard InChI is InChI=1S/C31H33N7O5/c39-28(10-9-27-34-31(42)36-35-27)37-13-3-12-33-29(40)25-19-38(18-24(25)20-4-1-6-23(17-20)43-15-14-37)30(41)22-7-8-26-21(16-22)5-2-11-32-26/h1-2,4-8,11,16-17,24-25H,3,9-10,12-15,18-19H2,(H,33,40)(H2,34,35,36,42)/t24-,25+/m1/s1. The first-order chi connectivity index (χ1) is 20.9. The number of amides is 3. The Labute approximate surface area is 247 Å². The average molecular weight is 584 g/mol. The van der Waals surface area contributed by atoms with Gasteiger partial charge in [0.2, 0.25) is 11.8 Å². The molecule has 222 valence electrons. The fourth-order valence-electron chi connectivity index (χ4n) is 5.85. The summed E-state index contributed by atoms with van der Waals surface area (Å²) in [5, 5.41) is 10.1. The molecule has 0 saturated carbocycles. The number of hydrogen-bond donors (Lipinski definition) is 3. The highest BCUT2D eigenvalue weighted by atomic mass is 16.5. The summed E-state index contributed by atoms with van der Waals surface area (Å²) in [5.41, 5.74) is 1.90. The molecule has 2 aromatic heterocycles. The van der Waals surface area contributed by atoms with Crippen molar-refractivity contribution in [3.05, 3.63) is 88.2 Å². The summed E-state index contributed by atoms with van der Waals surface area (Å²) in [6.07, 6.45) is 2.78. The molecule has 0 aliphatic carbocycles. The lowest BCUT2D eigenvalue weighted by Gasteiger charge is -2.24. The van der Waals surface area contributed by atoms with E-state index in [1.54, 1.807) is 22.1 Å². The van der Waals surface area contributed by atoms with Crippen molar-refractivity contribution in [1.82, 2.24) is 35.3 Å². The van der Waals surface area contributed by atoms with Gasteiger partial charge in [-0.1, -0.05) is 18.2 Å².